The Hall–Kier alpha value is -2.29. The van der Waals surface area contributed by atoms with E-state index in [1.54, 1.807) is 10.8 Å². The van der Waals surface area contributed by atoms with Crippen molar-refractivity contribution in [2.45, 2.75) is 6.42 Å². The van der Waals surface area contributed by atoms with E-state index in [-0.39, 0.29) is 17.8 Å². The number of carbonyl (C=O) groups excluding carboxylic acids is 1. The minimum Gasteiger partial charge on any atom is -0.478 e. The molecular formula is C11H12N2O6S. The molecule has 0 aromatic heterocycles. The molecule has 1 aromatic carbocycles. The van der Waals surface area contributed by atoms with E-state index in [0.29, 0.717) is 12.0 Å². The molecule has 1 heterocycles. The van der Waals surface area contributed by atoms with Gasteiger partial charge in [-0.3, -0.25) is 4.31 Å². The maximum Gasteiger partial charge on any atom is 0.422 e. The highest BCUT2D eigenvalue weighted by atomic mass is 32.2. The second-order valence-corrected chi connectivity index (χ2v) is 5.66. The smallest absolute Gasteiger partial charge is 0.422 e. The van der Waals surface area contributed by atoms with E-state index in [1.807, 2.05) is 0 Å². The van der Waals surface area contributed by atoms with Gasteiger partial charge in [-0.25, -0.2) is 14.3 Å². The van der Waals surface area contributed by atoms with Crippen molar-refractivity contribution in [2.75, 3.05) is 18.0 Å². The zero-order valence-electron chi connectivity index (χ0n) is 10.5. The summed E-state index contributed by atoms with van der Waals surface area (Å²) < 4.78 is 30.9. The second-order valence-electron chi connectivity index (χ2n) is 4.07. The quantitative estimate of drug-likeness (QED) is 0.832. The number of hydrogen-bond donors (Lipinski definition) is 2. The lowest BCUT2D eigenvalue weighted by Crippen LogP contribution is -2.42. The first-order valence-electron chi connectivity index (χ1n) is 5.60. The van der Waals surface area contributed by atoms with Crippen LogP contribution in [0.3, 0.4) is 0 Å². The van der Waals surface area contributed by atoms with Gasteiger partial charge in [0.25, 0.3) is 0 Å². The largest absolute Gasteiger partial charge is 0.478 e. The zero-order chi connectivity index (χ0) is 14.9. The number of nitrogens with one attached hydrogen (secondary N) is 1. The number of carboxylic acids is 1. The number of carbonyl (C=O) groups is 2. The van der Waals surface area contributed by atoms with Crippen LogP contribution in [0.4, 0.5) is 10.5 Å². The van der Waals surface area contributed by atoms with Crippen LogP contribution in [0.15, 0.2) is 18.2 Å². The third-order valence-corrected chi connectivity index (χ3v) is 4.26. The van der Waals surface area contributed by atoms with Crippen LogP contribution < -0.4 is 9.03 Å². The predicted molar refractivity (Wildman–Crippen MR) is 68.9 cm³/mol. The highest BCUT2D eigenvalue weighted by molar-refractivity contribution is 7.91. The zero-order valence-corrected chi connectivity index (χ0v) is 11.3. The molecule has 108 valence electrons. The molecule has 1 aliphatic rings. The first-order chi connectivity index (χ1) is 9.35. The van der Waals surface area contributed by atoms with E-state index in [2.05, 4.69) is 4.74 Å². The van der Waals surface area contributed by atoms with Gasteiger partial charge in [-0.2, -0.15) is 8.42 Å². The minimum absolute atomic E-state index is 0.0241. The Kier molecular flexibility index (Phi) is 3.53. The summed E-state index contributed by atoms with van der Waals surface area (Å²) in [6.07, 6.45) is -0.662. The number of rotatable bonds is 3. The molecule has 0 spiro atoms. The topological polar surface area (TPSA) is 113 Å². The number of amides is 1. The van der Waals surface area contributed by atoms with Crippen LogP contribution in [0.1, 0.15) is 15.9 Å². The van der Waals surface area contributed by atoms with Crippen molar-refractivity contribution in [1.82, 2.24) is 4.72 Å². The summed E-state index contributed by atoms with van der Waals surface area (Å²) in [4.78, 5) is 22.0. The van der Waals surface area contributed by atoms with Gasteiger partial charge in [-0.1, -0.05) is 6.07 Å². The van der Waals surface area contributed by atoms with Gasteiger partial charge < -0.3 is 9.84 Å². The molecule has 1 aliphatic heterocycles. The first kappa shape index (κ1) is 14.1. The average molecular weight is 300 g/mol. The third-order valence-electron chi connectivity index (χ3n) is 2.87. The number of hydrogen-bond acceptors (Lipinski definition) is 5. The molecule has 0 bridgehead atoms. The van der Waals surface area contributed by atoms with Crippen molar-refractivity contribution in [2.24, 2.45) is 0 Å². The molecule has 2 N–H and O–H groups in total. The fourth-order valence-corrected chi connectivity index (χ4v) is 3.10. The van der Waals surface area contributed by atoms with Crippen molar-refractivity contribution in [1.29, 1.82) is 0 Å². The van der Waals surface area contributed by atoms with Crippen molar-refractivity contribution in [3.8, 4) is 0 Å². The van der Waals surface area contributed by atoms with Crippen LogP contribution in [0.25, 0.3) is 0 Å². The Morgan fingerprint density at radius 3 is 2.70 bits per heavy atom. The van der Waals surface area contributed by atoms with Crippen LogP contribution in [-0.2, 0) is 21.4 Å². The van der Waals surface area contributed by atoms with Crippen molar-refractivity contribution in [3.05, 3.63) is 29.3 Å². The lowest BCUT2D eigenvalue weighted by atomic mass is 10.1. The van der Waals surface area contributed by atoms with E-state index in [9.17, 15) is 18.0 Å². The van der Waals surface area contributed by atoms with Gasteiger partial charge >= 0.3 is 22.3 Å². The summed E-state index contributed by atoms with van der Waals surface area (Å²) in [7, 11) is -3.06. The Morgan fingerprint density at radius 1 is 1.40 bits per heavy atom. The summed E-state index contributed by atoms with van der Waals surface area (Å²) in [5.41, 5.74) is 0.926. The Labute approximate surface area is 115 Å². The van der Waals surface area contributed by atoms with Gasteiger partial charge in [0, 0.05) is 6.54 Å². The summed E-state index contributed by atoms with van der Waals surface area (Å²) >= 11 is 0. The molecule has 0 atom stereocenters. The van der Waals surface area contributed by atoms with E-state index in [1.165, 1.54) is 12.1 Å². The maximum atomic E-state index is 12.0. The van der Waals surface area contributed by atoms with Gasteiger partial charge in [0.15, 0.2) is 0 Å². The van der Waals surface area contributed by atoms with Crippen LogP contribution in [0, 0.1) is 0 Å². The molecule has 9 heteroatoms. The number of benzene rings is 1. The molecule has 0 unspecified atom stereocenters. The number of anilines is 1. The van der Waals surface area contributed by atoms with Crippen molar-refractivity contribution in [3.63, 3.8) is 0 Å². The Bertz CT molecular complexity index is 669. The van der Waals surface area contributed by atoms with E-state index in [0.717, 1.165) is 11.4 Å². The van der Waals surface area contributed by atoms with Gasteiger partial charge in [0.2, 0.25) is 0 Å². The summed E-state index contributed by atoms with van der Waals surface area (Å²) in [5, 5.41) is 8.93. The number of methoxy groups -OCH3 is 1. The van der Waals surface area contributed by atoms with Crippen LogP contribution in [0.2, 0.25) is 0 Å². The number of carboxylic acid groups (broad SMARTS) is 1. The van der Waals surface area contributed by atoms with E-state index in [4.69, 9.17) is 5.11 Å². The monoisotopic (exact) mass is 300 g/mol. The molecule has 2 rings (SSSR count). The fraction of sp³-hybridized carbons (Fsp3) is 0.273. The third kappa shape index (κ3) is 2.52. The predicted octanol–water partition coefficient (Wildman–Crippen LogP) is 0.348. The van der Waals surface area contributed by atoms with Crippen LogP contribution >= 0.6 is 0 Å². The molecule has 20 heavy (non-hydrogen) atoms. The van der Waals surface area contributed by atoms with Gasteiger partial charge in [0.1, 0.15) is 0 Å². The van der Waals surface area contributed by atoms with Crippen molar-refractivity contribution >= 4 is 28.0 Å². The number of fused-ring (bicyclic) bond motifs is 1. The molecule has 0 saturated carbocycles. The maximum absolute atomic E-state index is 12.0. The standard InChI is InChI=1S/C11H12N2O6S/c1-19-11(16)12-20(17,18)13-5-4-7-2-3-8(10(14)15)6-9(7)13/h2-3,6H,4-5H2,1H3,(H,12,16)(H,14,15). The van der Waals surface area contributed by atoms with Gasteiger partial charge in [-0.05, 0) is 24.1 Å². The number of ether oxygens (including phenoxy) is 1. The normalized spacial score (nSPS) is 13.8. The summed E-state index contributed by atoms with van der Waals surface area (Å²) in [5.74, 6) is -1.15. The highest BCUT2D eigenvalue weighted by Gasteiger charge is 2.31. The van der Waals surface area contributed by atoms with Crippen LogP contribution in [-0.4, -0.2) is 39.2 Å². The van der Waals surface area contributed by atoms with Gasteiger partial charge in [-0.15, -0.1) is 0 Å². The van der Waals surface area contributed by atoms with Crippen LogP contribution in [0.5, 0.6) is 0 Å². The lowest BCUT2D eigenvalue weighted by molar-refractivity contribution is 0.0697. The number of aromatic carboxylic acids is 1. The first-order valence-corrected chi connectivity index (χ1v) is 7.04. The minimum atomic E-state index is -4.11. The second kappa shape index (κ2) is 5.00. The lowest BCUT2D eigenvalue weighted by Gasteiger charge is -2.19. The molecule has 0 aliphatic carbocycles. The Balaban J connectivity index is 2.38. The molecular weight excluding hydrogens is 288 g/mol. The molecule has 1 amide bonds. The van der Waals surface area contributed by atoms with E-state index >= 15 is 0 Å². The molecule has 0 fully saturated rings. The fourth-order valence-electron chi connectivity index (χ4n) is 1.93. The molecule has 8 nitrogen and oxygen atoms in total. The molecule has 0 radical (unpaired) electrons. The Morgan fingerprint density at radius 2 is 2.10 bits per heavy atom. The number of nitrogens with zero attached hydrogens (tertiary/aromatic N) is 1. The summed E-state index contributed by atoms with van der Waals surface area (Å²) in [6.45, 7) is 0.130. The molecule has 1 aromatic rings. The van der Waals surface area contributed by atoms with Crippen molar-refractivity contribution < 1.29 is 27.9 Å². The average Bonchev–Trinajstić information content (AvgIpc) is 2.81. The highest BCUT2D eigenvalue weighted by Crippen LogP contribution is 2.30. The van der Waals surface area contributed by atoms with E-state index < -0.39 is 22.3 Å². The SMILES string of the molecule is COC(=O)NS(=O)(=O)N1CCc2ccc(C(=O)O)cc21. The molecule has 0 saturated heterocycles. The summed E-state index contributed by atoms with van der Waals surface area (Å²) in [6, 6.07) is 4.23. The van der Waals surface area contributed by atoms with Gasteiger partial charge in [0.05, 0.1) is 18.4 Å².